The van der Waals surface area contributed by atoms with E-state index in [4.69, 9.17) is 0 Å². The molecular weight excluding hydrogens is 276 g/mol. The van der Waals surface area contributed by atoms with Crippen molar-refractivity contribution in [1.29, 1.82) is 0 Å². The van der Waals surface area contributed by atoms with E-state index in [2.05, 4.69) is 6.92 Å². The summed E-state index contributed by atoms with van der Waals surface area (Å²) in [5.74, 6) is -0.984. The number of carboxylic acid groups (broad SMARTS) is 1. The van der Waals surface area contributed by atoms with Crippen LogP contribution in [0.5, 0.6) is 0 Å². The first kappa shape index (κ1) is 21.4. The molecule has 0 aliphatic carbocycles. The van der Waals surface area contributed by atoms with Gasteiger partial charge in [-0.25, -0.2) is 0 Å². The number of carbonyl (C=O) groups is 1. The number of carbonyl (C=O) groups excluding carboxylic acids is 1. The Morgan fingerprint density at radius 1 is 0.909 bits per heavy atom. The molecule has 0 aromatic heterocycles. The summed E-state index contributed by atoms with van der Waals surface area (Å²) in [4.78, 5) is 13.2. The van der Waals surface area contributed by atoms with E-state index in [1.165, 1.54) is 57.8 Å². The Morgan fingerprint density at radius 2 is 1.32 bits per heavy atom. The minimum atomic E-state index is -0.984. The molecule has 0 fully saturated rings. The highest BCUT2D eigenvalue weighted by Gasteiger charge is 2.28. The Morgan fingerprint density at radius 3 is 1.68 bits per heavy atom. The summed E-state index contributed by atoms with van der Waals surface area (Å²) in [6.45, 7) is 3.07. The van der Waals surface area contributed by atoms with Crippen molar-refractivity contribution >= 4 is 5.97 Å². The van der Waals surface area contributed by atoms with Crippen molar-refractivity contribution in [3.8, 4) is 0 Å². The van der Waals surface area contributed by atoms with Gasteiger partial charge >= 0.3 is 0 Å². The van der Waals surface area contributed by atoms with Gasteiger partial charge in [0.05, 0.1) is 21.1 Å². The lowest BCUT2D eigenvalue weighted by Gasteiger charge is -2.40. The third-order valence-electron chi connectivity index (χ3n) is 4.23. The number of likely N-dealkylation sites (N-methyl/N-ethyl adjacent to an activating group) is 2. The molecule has 0 aliphatic heterocycles. The molecule has 4 nitrogen and oxygen atoms in total. The van der Waals surface area contributed by atoms with Gasteiger partial charge in [0, 0.05) is 6.54 Å². The zero-order chi connectivity index (χ0) is 17.0. The van der Waals surface area contributed by atoms with Gasteiger partial charge in [-0.05, 0) is 13.5 Å². The molecule has 0 spiro atoms. The van der Waals surface area contributed by atoms with Gasteiger partial charge in [-0.3, -0.25) is 4.90 Å². The molecule has 1 atom stereocenters. The van der Waals surface area contributed by atoms with Gasteiger partial charge in [0.1, 0.15) is 5.97 Å². The van der Waals surface area contributed by atoms with E-state index >= 15 is 0 Å². The second-order valence-corrected chi connectivity index (χ2v) is 7.47. The standard InChI is InChI=1S/C18H38N2O2/c1-6-7-8-9-10-11-12-13-14-15-16-19(2)17(18(21)22)20(3,4)5/h17H,6-16H2,1-5H3. The van der Waals surface area contributed by atoms with Crippen molar-refractivity contribution < 1.29 is 14.4 Å². The molecule has 0 amide bonds. The summed E-state index contributed by atoms with van der Waals surface area (Å²) in [5.41, 5.74) is 0. The summed E-state index contributed by atoms with van der Waals surface area (Å²) in [6.07, 6.45) is 12.4. The second-order valence-electron chi connectivity index (χ2n) is 7.47. The maximum atomic E-state index is 11.3. The first-order valence-corrected chi connectivity index (χ1v) is 9.03. The number of hydrogen-bond donors (Lipinski definition) is 0. The summed E-state index contributed by atoms with van der Waals surface area (Å²) >= 11 is 0. The Balaban J connectivity index is 3.67. The molecule has 0 aliphatic rings. The Hall–Kier alpha value is -0.610. The smallest absolute Gasteiger partial charge is 0.185 e. The van der Waals surface area contributed by atoms with Crippen LogP contribution in [0.3, 0.4) is 0 Å². The van der Waals surface area contributed by atoms with E-state index < -0.39 is 12.1 Å². The molecule has 0 bridgehead atoms. The van der Waals surface area contributed by atoms with Crippen LogP contribution in [0, 0.1) is 0 Å². The Bertz CT molecular complexity index is 287. The zero-order valence-electron chi connectivity index (χ0n) is 15.6. The highest BCUT2D eigenvalue weighted by molar-refractivity contribution is 5.69. The lowest BCUT2D eigenvalue weighted by Crippen LogP contribution is -2.62. The summed E-state index contributed by atoms with van der Waals surface area (Å²) in [7, 11) is 7.58. The van der Waals surface area contributed by atoms with Crippen LogP contribution in [0.4, 0.5) is 0 Å². The van der Waals surface area contributed by atoms with Crippen LogP contribution in [0.15, 0.2) is 0 Å². The number of carboxylic acids is 1. The van der Waals surface area contributed by atoms with Crippen LogP contribution < -0.4 is 5.11 Å². The third-order valence-corrected chi connectivity index (χ3v) is 4.23. The summed E-state index contributed by atoms with van der Waals surface area (Å²) in [5, 5.41) is 11.3. The first-order valence-electron chi connectivity index (χ1n) is 9.03. The first-order chi connectivity index (χ1) is 10.3. The van der Waals surface area contributed by atoms with Crippen molar-refractivity contribution in [2.45, 2.75) is 77.3 Å². The van der Waals surface area contributed by atoms with Gasteiger partial charge < -0.3 is 14.4 Å². The molecule has 0 saturated carbocycles. The summed E-state index contributed by atoms with van der Waals surface area (Å²) < 4.78 is 0.372. The molecule has 0 heterocycles. The van der Waals surface area contributed by atoms with Gasteiger partial charge in [-0.1, -0.05) is 64.7 Å². The van der Waals surface area contributed by atoms with Crippen LogP contribution in [0.25, 0.3) is 0 Å². The van der Waals surface area contributed by atoms with E-state index in [1.807, 2.05) is 33.1 Å². The van der Waals surface area contributed by atoms with Crippen molar-refractivity contribution in [1.82, 2.24) is 4.90 Å². The Labute approximate surface area is 138 Å². The van der Waals surface area contributed by atoms with E-state index in [0.29, 0.717) is 4.48 Å². The highest BCUT2D eigenvalue weighted by Crippen LogP contribution is 2.12. The quantitative estimate of drug-likeness (QED) is 0.281. The van der Waals surface area contributed by atoms with E-state index in [-0.39, 0.29) is 0 Å². The topological polar surface area (TPSA) is 43.4 Å². The fraction of sp³-hybridized carbons (Fsp3) is 0.944. The fourth-order valence-corrected chi connectivity index (χ4v) is 3.06. The Kier molecular flexibility index (Phi) is 11.6. The molecule has 0 saturated heterocycles. The molecular formula is C18H38N2O2. The average Bonchev–Trinajstić information content (AvgIpc) is 2.38. The zero-order valence-corrected chi connectivity index (χ0v) is 15.6. The molecule has 0 radical (unpaired) electrons. The normalized spacial score (nSPS) is 13.5. The van der Waals surface area contributed by atoms with Crippen LogP contribution >= 0.6 is 0 Å². The molecule has 22 heavy (non-hydrogen) atoms. The number of nitrogens with zero attached hydrogens (tertiary/aromatic N) is 2. The molecule has 0 N–H and O–H groups in total. The maximum absolute atomic E-state index is 11.3. The molecule has 4 heteroatoms. The second kappa shape index (κ2) is 11.9. The SMILES string of the molecule is CCCCCCCCCCCCN(C)C(C(=O)[O-])[N+](C)(C)C. The van der Waals surface area contributed by atoms with Crippen molar-refractivity contribution in [3.05, 3.63) is 0 Å². The predicted molar refractivity (Wildman–Crippen MR) is 91.3 cm³/mol. The number of quaternary nitrogens is 1. The van der Waals surface area contributed by atoms with Crippen molar-refractivity contribution in [3.63, 3.8) is 0 Å². The molecule has 1 unspecified atom stereocenters. The highest BCUT2D eigenvalue weighted by atomic mass is 16.4. The van der Waals surface area contributed by atoms with E-state index in [0.717, 1.165) is 13.0 Å². The number of hydrogen-bond acceptors (Lipinski definition) is 3. The monoisotopic (exact) mass is 314 g/mol. The molecule has 132 valence electrons. The minimum absolute atomic E-state index is 0.372. The largest absolute Gasteiger partial charge is 0.543 e. The number of rotatable bonds is 14. The van der Waals surface area contributed by atoms with Crippen LogP contribution in [0.1, 0.15) is 71.1 Å². The minimum Gasteiger partial charge on any atom is -0.543 e. The van der Waals surface area contributed by atoms with Gasteiger partial charge in [0.15, 0.2) is 6.17 Å². The maximum Gasteiger partial charge on any atom is 0.185 e. The van der Waals surface area contributed by atoms with E-state index in [9.17, 15) is 9.90 Å². The summed E-state index contributed by atoms with van der Waals surface area (Å²) in [6, 6.07) is 0. The predicted octanol–water partition coefficient (Wildman–Crippen LogP) is 2.62. The van der Waals surface area contributed by atoms with Gasteiger partial charge in [0.2, 0.25) is 0 Å². The third kappa shape index (κ3) is 10.2. The van der Waals surface area contributed by atoms with Crippen LogP contribution in [-0.4, -0.2) is 56.3 Å². The van der Waals surface area contributed by atoms with E-state index in [1.54, 1.807) is 0 Å². The number of unbranched alkanes of at least 4 members (excludes halogenated alkanes) is 9. The van der Waals surface area contributed by atoms with Crippen LogP contribution in [-0.2, 0) is 4.79 Å². The lowest BCUT2D eigenvalue weighted by atomic mass is 10.1. The van der Waals surface area contributed by atoms with Crippen molar-refractivity contribution in [2.75, 3.05) is 34.7 Å². The lowest BCUT2D eigenvalue weighted by molar-refractivity contribution is -0.900. The van der Waals surface area contributed by atoms with Crippen LogP contribution in [0.2, 0.25) is 0 Å². The molecule has 0 aromatic rings. The fourth-order valence-electron chi connectivity index (χ4n) is 3.06. The van der Waals surface area contributed by atoms with Gasteiger partial charge in [0.25, 0.3) is 0 Å². The average molecular weight is 315 g/mol. The van der Waals surface area contributed by atoms with Gasteiger partial charge in [-0.2, -0.15) is 0 Å². The molecule has 0 aromatic carbocycles. The van der Waals surface area contributed by atoms with Gasteiger partial charge in [-0.15, -0.1) is 0 Å². The molecule has 0 rings (SSSR count). The number of aliphatic carboxylic acids is 1. The van der Waals surface area contributed by atoms with Crippen molar-refractivity contribution in [2.24, 2.45) is 0 Å².